The predicted octanol–water partition coefficient (Wildman–Crippen LogP) is 4.03. The third-order valence-electron chi connectivity index (χ3n) is 7.64. The summed E-state index contributed by atoms with van der Waals surface area (Å²) in [6.07, 6.45) is 3.39. The summed E-state index contributed by atoms with van der Waals surface area (Å²) in [4.78, 5) is 51.7. The largest absolute Gasteiger partial charge is 0.352 e. The highest BCUT2D eigenvalue weighted by atomic mass is 32.1. The first-order valence-corrected chi connectivity index (χ1v) is 15.0. The maximum absolute atomic E-state index is 13.0. The van der Waals surface area contributed by atoms with Crippen LogP contribution in [0, 0.1) is 13.8 Å². The van der Waals surface area contributed by atoms with E-state index < -0.39 is 0 Å². The van der Waals surface area contributed by atoms with E-state index in [0.717, 1.165) is 49.9 Å². The quantitative estimate of drug-likeness (QED) is 0.331. The molecule has 0 bridgehead atoms. The van der Waals surface area contributed by atoms with Gasteiger partial charge in [0.15, 0.2) is 0 Å². The highest BCUT2D eigenvalue weighted by molar-refractivity contribution is 7.07. The number of thiophene rings is 1. The van der Waals surface area contributed by atoms with Gasteiger partial charge < -0.3 is 20.4 Å². The van der Waals surface area contributed by atoms with Crippen molar-refractivity contribution in [3.05, 3.63) is 51.0 Å². The molecule has 10 nitrogen and oxygen atoms in total. The summed E-state index contributed by atoms with van der Waals surface area (Å²) in [5, 5.41) is 10.0. The predicted molar refractivity (Wildman–Crippen MR) is 157 cm³/mol. The summed E-state index contributed by atoms with van der Waals surface area (Å²) in [5.74, 6) is -0.394. The number of carbonyl (C=O) groups is 3. The number of nitrogens with one attached hydrogen (secondary N) is 3. The monoisotopic (exact) mass is 572 g/mol. The van der Waals surface area contributed by atoms with Crippen LogP contribution in [0.15, 0.2) is 22.9 Å². The number of aromatic nitrogens is 1. The lowest BCUT2D eigenvalue weighted by molar-refractivity contribution is 0.0565. The standard InChI is InChI=1S/C29H44N6O4S/c1-7-20(3)31-27(36)25-16-19(2)26(22(5)32-25)28(37)30-12-8-21(4)34-13-9-24(10-14-34)35(29(38)33-39-6)17-23-11-15-40-18-23/h11,15-16,18,20-21,24H,7-10,12-14,17H2,1-6H3,(H,30,37)(H,31,36)(H,33,38)/t20?,21-/m1/s1. The Bertz CT molecular complexity index is 1110. The molecular formula is C29H44N6O4S. The second-order valence-electron chi connectivity index (χ2n) is 10.6. The van der Waals surface area contributed by atoms with E-state index in [0.29, 0.717) is 30.0 Å². The molecule has 220 valence electrons. The van der Waals surface area contributed by atoms with Gasteiger partial charge in [-0.25, -0.2) is 15.3 Å². The van der Waals surface area contributed by atoms with E-state index in [1.165, 1.54) is 7.11 Å². The summed E-state index contributed by atoms with van der Waals surface area (Å²) in [7, 11) is 1.45. The molecule has 1 aliphatic rings. The number of rotatable bonds is 12. The number of hydrogen-bond acceptors (Lipinski definition) is 7. The van der Waals surface area contributed by atoms with Gasteiger partial charge in [0.25, 0.3) is 11.8 Å². The highest BCUT2D eigenvalue weighted by Crippen LogP contribution is 2.22. The smallest absolute Gasteiger partial charge is 0.341 e. The summed E-state index contributed by atoms with van der Waals surface area (Å²) in [5.41, 5.74) is 5.73. The van der Waals surface area contributed by atoms with E-state index in [4.69, 9.17) is 4.84 Å². The average Bonchev–Trinajstić information content (AvgIpc) is 3.44. The van der Waals surface area contributed by atoms with Gasteiger partial charge in [0.2, 0.25) is 0 Å². The van der Waals surface area contributed by atoms with Crippen LogP contribution in [0.5, 0.6) is 0 Å². The molecule has 2 aromatic rings. The first-order valence-electron chi connectivity index (χ1n) is 14.1. The number of likely N-dealkylation sites (tertiary alicyclic amines) is 1. The molecule has 0 saturated carbocycles. The zero-order valence-corrected chi connectivity index (χ0v) is 25.4. The molecule has 3 heterocycles. The van der Waals surface area contributed by atoms with E-state index in [1.54, 1.807) is 24.3 Å². The number of pyridine rings is 1. The van der Waals surface area contributed by atoms with E-state index in [1.807, 2.05) is 37.1 Å². The number of carbonyl (C=O) groups excluding carboxylic acids is 3. The molecule has 0 aliphatic carbocycles. The molecular weight excluding hydrogens is 528 g/mol. The van der Waals surface area contributed by atoms with Crippen molar-refractivity contribution in [3.63, 3.8) is 0 Å². The molecule has 1 fully saturated rings. The Morgan fingerprint density at radius 2 is 1.93 bits per heavy atom. The average molecular weight is 573 g/mol. The molecule has 11 heteroatoms. The molecule has 3 N–H and O–H groups in total. The van der Waals surface area contributed by atoms with Gasteiger partial charge in [0.1, 0.15) is 5.69 Å². The van der Waals surface area contributed by atoms with E-state index >= 15 is 0 Å². The van der Waals surface area contributed by atoms with Gasteiger partial charge in [-0.2, -0.15) is 11.3 Å². The number of piperidine rings is 1. The van der Waals surface area contributed by atoms with Crippen molar-refractivity contribution in [2.45, 2.75) is 85.0 Å². The van der Waals surface area contributed by atoms with E-state index in [9.17, 15) is 14.4 Å². The van der Waals surface area contributed by atoms with Crippen LogP contribution in [0.25, 0.3) is 0 Å². The number of amides is 4. The van der Waals surface area contributed by atoms with E-state index in [2.05, 4.69) is 38.3 Å². The van der Waals surface area contributed by atoms with Crippen LogP contribution >= 0.6 is 11.3 Å². The lowest BCUT2D eigenvalue weighted by Crippen LogP contribution is -2.51. The first-order chi connectivity index (χ1) is 19.1. The van der Waals surface area contributed by atoms with Crippen molar-refractivity contribution in [1.82, 2.24) is 30.9 Å². The Morgan fingerprint density at radius 3 is 2.52 bits per heavy atom. The van der Waals surface area contributed by atoms with Gasteiger partial charge >= 0.3 is 6.03 Å². The SMILES string of the molecule is CCC(C)NC(=O)c1cc(C)c(C(=O)NCC[C@@H](C)N2CCC(N(Cc3ccsc3)C(=O)NOC)CC2)c(C)n1. The fourth-order valence-electron chi connectivity index (χ4n) is 5.09. The van der Waals surface area contributed by atoms with Crippen molar-refractivity contribution >= 4 is 29.2 Å². The van der Waals surface area contributed by atoms with Crippen LogP contribution in [0.2, 0.25) is 0 Å². The number of hydroxylamine groups is 1. The minimum absolute atomic E-state index is 0.0611. The Labute approximate surface area is 241 Å². The highest BCUT2D eigenvalue weighted by Gasteiger charge is 2.30. The number of nitrogens with zero attached hydrogens (tertiary/aromatic N) is 3. The van der Waals surface area contributed by atoms with Crippen LogP contribution in [0.1, 0.15) is 84.1 Å². The zero-order chi connectivity index (χ0) is 29.2. The summed E-state index contributed by atoms with van der Waals surface area (Å²) in [6.45, 7) is 12.6. The minimum atomic E-state index is -0.223. The lowest BCUT2D eigenvalue weighted by atomic mass is 10.0. The van der Waals surface area contributed by atoms with Crippen molar-refractivity contribution in [1.29, 1.82) is 0 Å². The molecule has 1 saturated heterocycles. The van der Waals surface area contributed by atoms with Crippen molar-refractivity contribution in [2.75, 3.05) is 26.7 Å². The number of urea groups is 1. The molecule has 0 radical (unpaired) electrons. The van der Waals surface area contributed by atoms with Gasteiger partial charge in [0, 0.05) is 44.3 Å². The van der Waals surface area contributed by atoms with Crippen molar-refractivity contribution < 1.29 is 19.2 Å². The normalized spacial score (nSPS) is 15.8. The summed E-state index contributed by atoms with van der Waals surface area (Å²) >= 11 is 1.62. The maximum Gasteiger partial charge on any atom is 0.341 e. The lowest BCUT2D eigenvalue weighted by Gasteiger charge is -2.40. The van der Waals surface area contributed by atoms with Crippen LogP contribution < -0.4 is 16.1 Å². The van der Waals surface area contributed by atoms with Crippen LogP contribution in [-0.2, 0) is 11.4 Å². The van der Waals surface area contributed by atoms with E-state index in [-0.39, 0.29) is 36.0 Å². The Kier molecular flexibility index (Phi) is 11.9. The van der Waals surface area contributed by atoms with Crippen molar-refractivity contribution in [2.24, 2.45) is 0 Å². The molecule has 2 atom stereocenters. The Hall–Kier alpha value is -3.02. The summed E-state index contributed by atoms with van der Waals surface area (Å²) in [6, 6.07) is 3.99. The molecule has 0 aromatic carbocycles. The topological polar surface area (TPSA) is 116 Å². The molecule has 0 spiro atoms. The minimum Gasteiger partial charge on any atom is -0.352 e. The van der Waals surface area contributed by atoms with Gasteiger partial charge in [-0.3, -0.25) is 14.4 Å². The van der Waals surface area contributed by atoms with Gasteiger partial charge in [-0.1, -0.05) is 6.92 Å². The van der Waals surface area contributed by atoms with Gasteiger partial charge in [0.05, 0.1) is 18.4 Å². The van der Waals surface area contributed by atoms with Crippen LogP contribution in [0.4, 0.5) is 4.79 Å². The molecule has 1 unspecified atom stereocenters. The van der Waals surface area contributed by atoms with Gasteiger partial charge in [-0.15, -0.1) is 0 Å². The third-order valence-corrected chi connectivity index (χ3v) is 8.37. The Balaban J connectivity index is 1.49. The second kappa shape index (κ2) is 15.1. The summed E-state index contributed by atoms with van der Waals surface area (Å²) < 4.78 is 0. The zero-order valence-electron chi connectivity index (χ0n) is 24.6. The van der Waals surface area contributed by atoms with Crippen LogP contribution in [0.3, 0.4) is 0 Å². The molecule has 3 rings (SSSR count). The molecule has 1 aliphatic heterocycles. The number of aryl methyl sites for hydroxylation is 2. The number of hydrogen-bond donors (Lipinski definition) is 3. The molecule has 40 heavy (non-hydrogen) atoms. The molecule has 4 amide bonds. The second-order valence-corrected chi connectivity index (χ2v) is 11.4. The fourth-order valence-corrected chi connectivity index (χ4v) is 5.75. The fraction of sp³-hybridized carbons (Fsp3) is 0.586. The first kappa shape index (κ1) is 31.5. The van der Waals surface area contributed by atoms with Crippen molar-refractivity contribution in [3.8, 4) is 0 Å². The maximum atomic E-state index is 13.0. The Morgan fingerprint density at radius 1 is 1.20 bits per heavy atom. The molecule has 2 aromatic heterocycles. The third kappa shape index (κ3) is 8.49. The van der Waals surface area contributed by atoms with Gasteiger partial charge in [-0.05, 0) is 87.4 Å². The van der Waals surface area contributed by atoms with Crippen LogP contribution in [-0.4, -0.2) is 77.5 Å².